The van der Waals surface area contributed by atoms with Gasteiger partial charge in [-0.25, -0.2) is 4.79 Å². The van der Waals surface area contributed by atoms with Crippen LogP contribution in [-0.2, 0) is 14.3 Å². The quantitative estimate of drug-likeness (QED) is 0.547. The molecular formula is C11H10N2O3. The first kappa shape index (κ1) is 10.2. The Balaban J connectivity index is 2.31. The number of amides is 1. The number of carbonyl (C=O) groups is 2. The van der Waals surface area contributed by atoms with Crippen molar-refractivity contribution < 1.29 is 14.3 Å². The maximum absolute atomic E-state index is 11.6. The predicted octanol–water partition coefficient (Wildman–Crippen LogP) is 1.11. The zero-order valence-electron chi connectivity index (χ0n) is 8.61. The first-order valence-electron chi connectivity index (χ1n) is 4.68. The topological polar surface area (TPSA) is 67.4 Å². The van der Waals surface area contributed by atoms with Crippen molar-refractivity contribution in [3.63, 3.8) is 0 Å². The van der Waals surface area contributed by atoms with E-state index >= 15 is 0 Å². The van der Waals surface area contributed by atoms with Crippen LogP contribution in [0.4, 0.5) is 11.4 Å². The summed E-state index contributed by atoms with van der Waals surface area (Å²) < 4.78 is 4.45. The van der Waals surface area contributed by atoms with E-state index in [4.69, 9.17) is 0 Å². The van der Waals surface area contributed by atoms with E-state index < -0.39 is 5.97 Å². The summed E-state index contributed by atoms with van der Waals surface area (Å²) in [6.07, 6.45) is 1.12. The van der Waals surface area contributed by atoms with E-state index in [9.17, 15) is 9.59 Å². The van der Waals surface area contributed by atoms with Crippen LogP contribution in [0.2, 0.25) is 0 Å². The number of rotatable bonds is 1. The van der Waals surface area contributed by atoms with E-state index in [0.717, 1.165) is 11.8 Å². The monoisotopic (exact) mass is 218 g/mol. The standard InChI is InChI=1S/C11H10N2O3/c1-16-10(14)6-9-11(15)13-8-5-3-2-4-7(8)12-9/h2-6,12H,1H3,(H,13,15)/b9-6-. The Morgan fingerprint density at radius 1 is 1.25 bits per heavy atom. The third kappa shape index (κ3) is 1.88. The lowest BCUT2D eigenvalue weighted by Gasteiger charge is -2.20. The lowest BCUT2D eigenvalue weighted by Crippen LogP contribution is -2.26. The van der Waals surface area contributed by atoms with Gasteiger partial charge in [-0.2, -0.15) is 0 Å². The zero-order valence-corrected chi connectivity index (χ0v) is 8.61. The van der Waals surface area contributed by atoms with Gasteiger partial charge < -0.3 is 15.4 Å². The number of para-hydroxylation sites is 2. The lowest BCUT2D eigenvalue weighted by atomic mass is 10.2. The molecule has 0 saturated heterocycles. The van der Waals surface area contributed by atoms with Crippen LogP contribution in [0.15, 0.2) is 36.0 Å². The second-order valence-electron chi connectivity index (χ2n) is 3.21. The summed E-state index contributed by atoms with van der Waals surface area (Å²) >= 11 is 0. The minimum Gasteiger partial charge on any atom is -0.466 e. The Hall–Kier alpha value is -2.30. The van der Waals surface area contributed by atoms with Crippen LogP contribution < -0.4 is 10.6 Å². The predicted molar refractivity (Wildman–Crippen MR) is 58.8 cm³/mol. The number of fused-ring (bicyclic) bond motifs is 1. The Morgan fingerprint density at radius 2 is 1.88 bits per heavy atom. The first-order chi connectivity index (χ1) is 7.70. The average molecular weight is 218 g/mol. The molecule has 2 N–H and O–H groups in total. The number of carbonyl (C=O) groups excluding carboxylic acids is 2. The van der Waals surface area contributed by atoms with Crippen molar-refractivity contribution in [2.24, 2.45) is 0 Å². The van der Waals surface area contributed by atoms with Gasteiger partial charge >= 0.3 is 5.97 Å². The molecule has 5 heteroatoms. The second-order valence-corrected chi connectivity index (χ2v) is 3.21. The summed E-state index contributed by atoms with van der Waals surface area (Å²) in [4.78, 5) is 22.6. The number of esters is 1. The molecule has 0 atom stereocenters. The molecule has 16 heavy (non-hydrogen) atoms. The van der Waals surface area contributed by atoms with Gasteiger partial charge in [-0.1, -0.05) is 12.1 Å². The summed E-state index contributed by atoms with van der Waals surface area (Å²) in [5.74, 6) is -0.930. The van der Waals surface area contributed by atoms with Gasteiger partial charge in [0.25, 0.3) is 5.91 Å². The number of methoxy groups -OCH3 is 1. The molecule has 0 unspecified atom stereocenters. The SMILES string of the molecule is COC(=O)/C=C1\Nc2ccccc2NC1=O. The molecule has 0 fully saturated rings. The fourth-order valence-electron chi connectivity index (χ4n) is 1.37. The van der Waals surface area contributed by atoms with Gasteiger partial charge in [0.2, 0.25) is 0 Å². The van der Waals surface area contributed by atoms with E-state index in [0.29, 0.717) is 5.69 Å². The third-order valence-electron chi connectivity index (χ3n) is 2.15. The van der Waals surface area contributed by atoms with Gasteiger partial charge in [-0.05, 0) is 12.1 Å². The Kier molecular flexibility index (Phi) is 2.59. The number of benzene rings is 1. The van der Waals surface area contributed by atoms with Crippen LogP contribution in [-0.4, -0.2) is 19.0 Å². The summed E-state index contributed by atoms with van der Waals surface area (Å²) in [6.45, 7) is 0. The highest BCUT2D eigenvalue weighted by atomic mass is 16.5. The average Bonchev–Trinajstić information content (AvgIpc) is 2.30. The van der Waals surface area contributed by atoms with Crippen LogP contribution in [0.5, 0.6) is 0 Å². The minimum absolute atomic E-state index is 0.172. The zero-order chi connectivity index (χ0) is 11.5. The highest BCUT2D eigenvalue weighted by Crippen LogP contribution is 2.26. The summed E-state index contributed by atoms with van der Waals surface area (Å²) in [5, 5.41) is 5.52. The molecule has 0 bridgehead atoms. The van der Waals surface area contributed by atoms with Crippen molar-refractivity contribution in [1.29, 1.82) is 0 Å². The van der Waals surface area contributed by atoms with Crippen LogP contribution in [0.25, 0.3) is 0 Å². The van der Waals surface area contributed by atoms with E-state index in [-0.39, 0.29) is 11.6 Å². The number of anilines is 2. The molecule has 0 radical (unpaired) electrons. The van der Waals surface area contributed by atoms with Crippen LogP contribution in [0, 0.1) is 0 Å². The number of ether oxygens (including phenoxy) is 1. The molecule has 0 saturated carbocycles. The van der Waals surface area contributed by atoms with Crippen LogP contribution in [0.3, 0.4) is 0 Å². The van der Waals surface area contributed by atoms with Crippen molar-refractivity contribution >= 4 is 23.3 Å². The van der Waals surface area contributed by atoms with Gasteiger partial charge in [0, 0.05) is 0 Å². The van der Waals surface area contributed by atoms with E-state index in [1.54, 1.807) is 12.1 Å². The Morgan fingerprint density at radius 3 is 2.50 bits per heavy atom. The van der Waals surface area contributed by atoms with Crippen LogP contribution in [0.1, 0.15) is 0 Å². The largest absolute Gasteiger partial charge is 0.466 e. The highest BCUT2D eigenvalue weighted by Gasteiger charge is 2.19. The van der Waals surface area contributed by atoms with E-state index in [1.165, 1.54) is 7.11 Å². The number of hydrogen-bond acceptors (Lipinski definition) is 4. The van der Waals surface area contributed by atoms with Crippen molar-refractivity contribution in [1.82, 2.24) is 0 Å². The third-order valence-corrected chi connectivity index (χ3v) is 2.15. The maximum Gasteiger partial charge on any atom is 0.332 e. The molecule has 82 valence electrons. The fourth-order valence-corrected chi connectivity index (χ4v) is 1.37. The lowest BCUT2D eigenvalue weighted by molar-refractivity contribution is -0.135. The van der Waals surface area contributed by atoms with Gasteiger partial charge in [-0.3, -0.25) is 4.79 Å². The molecule has 0 aliphatic carbocycles. The second kappa shape index (κ2) is 4.06. The fraction of sp³-hybridized carbons (Fsp3) is 0.0909. The molecule has 1 aliphatic rings. The summed E-state index contributed by atoms with van der Waals surface area (Å²) in [6, 6.07) is 7.23. The Labute approximate surface area is 92.1 Å². The van der Waals surface area contributed by atoms with Gasteiger partial charge in [0.05, 0.1) is 24.6 Å². The molecule has 1 heterocycles. The molecule has 0 aromatic heterocycles. The maximum atomic E-state index is 11.6. The van der Waals surface area contributed by atoms with Crippen LogP contribution >= 0.6 is 0 Å². The van der Waals surface area contributed by atoms with Gasteiger partial charge in [-0.15, -0.1) is 0 Å². The van der Waals surface area contributed by atoms with Crippen molar-refractivity contribution in [3.8, 4) is 0 Å². The normalized spacial score (nSPS) is 16.1. The van der Waals surface area contributed by atoms with Crippen molar-refractivity contribution in [3.05, 3.63) is 36.0 Å². The molecule has 1 aliphatic heterocycles. The first-order valence-corrected chi connectivity index (χ1v) is 4.68. The van der Waals surface area contributed by atoms with Gasteiger partial charge in [0.1, 0.15) is 5.70 Å². The molecule has 1 aromatic carbocycles. The molecule has 2 rings (SSSR count). The van der Waals surface area contributed by atoms with E-state index in [2.05, 4.69) is 15.4 Å². The molecule has 5 nitrogen and oxygen atoms in total. The summed E-state index contributed by atoms with van der Waals surface area (Å²) in [7, 11) is 1.26. The molecule has 1 amide bonds. The number of nitrogens with one attached hydrogen (secondary N) is 2. The summed E-state index contributed by atoms with van der Waals surface area (Å²) in [5.41, 5.74) is 1.61. The van der Waals surface area contributed by atoms with Crippen molar-refractivity contribution in [2.45, 2.75) is 0 Å². The van der Waals surface area contributed by atoms with E-state index in [1.807, 2.05) is 12.1 Å². The molecular weight excluding hydrogens is 208 g/mol. The molecule has 0 spiro atoms. The number of hydrogen-bond donors (Lipinski definition) is 2. The molecule has 1 aromatic rings. The Bertz CT molecular complexity index is 480. The minimum atomic E-state index is -0.572. The van der Waals surface area contributed by atoms with Gasteiger partial charge in [0.15, 0.2) is 0 Å². The smallest absolute Gasteiger partial charge is 0.332 e. The highest BCUT2D eigenvalue weighted by molar-refractivity contribution is 6.13. The van der Waals surface area contributed by atoms with Crippen molar-refractivity contribution in [2.75, 3.05) is 17.7 Å².